The van der Waals surface area contributed by atoms with Crippen LogP contribution in [0.4, 0.5) is 0 Å². The number of nitrogens with zero attached hydrogens (tertiary/aromatic N) is 1. The lowest BCUT2D eigenvalue weighted by molar-refractivity contribution is -0.112. The van der Waals surface area contributed by atoms with E-state index in [1.54, 1.807) is 0 Å². The lowest BCUT2D eigenvalue weighted by Gasteiger charge is -2.18. The fourth-order valence-corrected chi connectivity index (χ4v) is 2.62. The van der Waals surface area contributed by atoms with Crippen molar-refractivity contribution >= 4 is 38.4 Å². The van der Waals surface area contributed by atoms with Crippen molar-refractivity contribution in [2.45, 2.75) is 40.0 Å². The van der Waals surface area contributed by atoms with Crippen LogP contribution in [0, 0.1) is 0 Å². The van der Waals surface area contributed by atoms with Crippen LogP contribution in [0.1, 0.15) is 46.1 Å². The first-order valence-corrected chi connectivity index (χ1v) is 7.42. The van der Waals surface area contributed by atoms with E-state index < -0.39 is 0 Å². The number of aliphatic hydroxyl groups is 1. The van der Waals surface area contributed by atoms with Crippen molar-refractivity contribution in [1.82, 2.24) is 4.98 Å². The van der Waals surface area contributed by atoms with E-state index in [-0.39, 0.29) is 28.4 Å². The maximum atomic E-state index is 11.6. The average Bonchev–Trinajstić information content (AvgIpc) is 2.70. The fraction of sp³-hybridized carbons (Fsp3) is 0.375. The minimum absolute atomic E-state index is 0.0258. The van der Waals surface area contributed by atoms with Crippen molar-refractivity contribution in [3.8, 4) is 0 Å². The number of rotatable bonds is 2. The molecule has 5 heteroatoms. The number of aliphatic hydroxyl groups excluding tert-OH is 1. The summed E-state index contributed by atoms with van der Waals surface area (Å²) in [7, 11) is 0. The minimum atomic E-state index is -0.284. The third kappa shape index (κ3) is 3.02. The van der Waals surface area contributed by atoms with Gasteiger partial charge in [-0.3, -0.25) is 4.79 Å². The predicted octanol–water partition coefficient (Wildman–Crippen LogP) is 4.77. The van der Waals surface area contributed by atoms with Crippen molar-refractivity contribution in [3.63, 3.8) is 0 Å². The Balaban J connectivity index is 2.70. The van der Waals surface area contributed by atoms with Crippen molar-refractivity contribution in [1.29, 1.82) is 0 Å². The number of fused-ring (bicyclic) bond motifs is 1. The highest BCUT2D eigenvalue weighted by molar-refractivity contribution is 9.10. The third-order valence-electron chi connectivity index (χ3n) is 3.24. The third-order valence-corrected chi connectivity index (χ3v) is 3.83. The molecule has 1 N–H and O–H groups in total. The molecule has 1 heterocycles. The number of carbonyl (C=O) groups is 1. The Bertz CT molecular complexity index is 747. The van der Waals surface area contributed by atoms with Gasteiger partial charge in [-0.2, -0.15) is 0 Å². The van der Waals surface area contributed by atoms with Gasteiger partial charge < -0.3 is 9.52 Å². The summed E-state index contributed by atoms with van der Waals surface area (Å²) in [6.07, 6.45) is 0. The number of oxazole rings is 1. The highest BCUT2D eigenvalue weighted by Gasteiger charge is 2.22. The van der Waals surface area contributed by atoms with Crippen LogP contribution in [0.2, 0.25) is 0 Å². The number of aromatic nitrogens is 1. The number of Topliss-reactive ketones (excluding diaryl/α,β-unsaturated/α-hetero) is 1. The van der Waals surface area contributed by atoms with Crippen molar-refractivity contribution in [2.24, 2.45) is 0 Å². The number of benzene rings is 1. The summed E-state index contributed by atoms with van der Waals surface area (Å²) in [5.74, 6) is -0.237. The van der Waals surface area contributed by atoms with Gasteiger partial charge in [0.2, 0.25) is 5.89 Å². The van der Waals surface area contributed by atoms with E-state index in [9.17, 15) is 9.90 Å². The Kier molecular flexibility index (Phi) is 3.97. The first-order chi connectivity index (χ1) is 9.61. The number of ketones is 1. The Hall–Kier alpha value is -1.62. The van der Waals surface area contributed by atoms with Crippen molar-refractivity contribution in [3.05, 3.63) is 33.8 Å². The summed E-state index contributed by atoms with van der Waals surface area (Å²) in [6.45, 7) is 9.15. The van der Waals surface area contributed by atoms with Gasteiger partial charge in [0.15, 0.2) is 11.4 Å². The normalized spacial score (nSPS) is 13.4. The topological polar surface area (TPSA) is 63.3 Å². The van der Waals surface area contributed by atoms with Gasteiger partial charge in [0, 0.05) is 0 Å². The lowest BCUT2D eigenvalue weighted by Crippen LogP contribution is -2.10. The molecule has 0 unspecified atom stereocenters. The van der Waals surface area contributed by atoms with Crippen LogP contribution in [0.15, 0.2) is 26.8 Å². The van der Waals surface area contributed by atoms with Gasteiger partial charge in [0.25, 0.3) is 0 Å². The molecular weight excluding hydrogens is 334 g/mol. The van der Waals surface area contributed by atoms with E-state index in [2.05, 4.69) is 41.7 Å². The zero-order valence-electron chi connectivity index (χ0n) is 12.7. The second-order valence-electron chi connectivity index (χ2n) is 6.09. The van der Waals surface area contributed by atoms with Crippen LogP contribution in [-0.2, 0) is 10.2 Å². The quantitative estimate of drug-likeness (QED) is 0.625. The first kappa shape index (κ1) is 15.8. The largest absolute Gasteiger partial charge is 0.512 e. The predicted molar refractivity (Wildman–Crippen MR) is 86.3 cm³/mol. The van der Waals surface area contributed by atoms with Crippen LogP contribution < -0.4 is 0 Å². The van der Waals surface area contributed by atoms with Gasteiger partial charge in [-0.15, -0.1) is 0 Å². The zero-order valence-corrected chi connectivity index (χ0v) is 14.3. The zero-order chi connectivity index (χ0) is 15.9. The van der Waals surface area contributed by atoms with E-state index in [1.807, 2.05) is 12.1 Å². The Labute approximate surface area is 132 Å². The monoisotopic (exact) mass is 351 g/mol. The van der Waals surface area contributed by atoms with Crippen LogP contribution in [-0.4, -0.2) is 15.9 Å². The van der Waals surface area contributed by atoms with Gasteiger partial charge in [0.1, 0.15) is 16.8 Å². The van der Waals surface area contributed by atoms with Gasteiger partial charge in [-0.25, -0.2) is 4.98 Å². The van der Waals surface area contributed by atoms with Gasteiger partial charge in [-0.05, 0) is 52.9 Å². The molecule has 112 valence electrons. The van der Waals surface area contributed by atoms with E-state index in [0.717, 1.165) is 10.0 Å². The summed E-state index contributed by atoms with van der Waals surface area (Å²) < 4.78 is 6.43. The standard InChI is InChI=1S/C16H18BrNO3/c1-8(19)13(9(2)20)15-18-12-7-10(16(3,4)5)6-11(17)14(12)21-15/h6-7,19H,1-5H3/b13-8-. The Morgan fingerprint density at radius 2 is 1.90 bits per heavy atom. The molecule has 0 amide bonds. The first-order valence-electron chi connectivity index (χ1n) is 6.63. The molecule has 4 nitrogen and oxygen atoms in total. The molecule has 0 saturated heterocycles. The van der Waals surface area contributed by atoms with Gasteiger partial charge in [0.05, 0.1) is 4.47 Å². The van der Waals surface area contributed by atoms with E-state index in [4.69, 9.17) is 4.42 Å². The maximum absolute atomic E-state index is 11.6. The average molecular weight is 352 g/mol. The molecule has 2 rings (SSSR count). The SMILES string of the molecule is CC(=O)/C(=C(\C)O)c1nc2cc(C(C)(C)C)cc(Br)c2o1. The van der Waals surface area contributed by atoms with Crippen LogP contribution in [0.25, 0.3) is 16.7 Å². The molecule has 0 fully saturated rings. The maximum Gasteiger partial charge on any atom is 0.234 e. The molecule has 1 aromatic heterocycles. The summed E-state index contributed by atoms with van der Waals surface area (Å²) in [5.41, 5.74) is 2.41. The van der Waals surface area contributed by atoms with Crippen molar-refractivity contribution < 1.29 is 14.3 Å². The lowest BCUT2D eigenvalue weighted by atomic mass is 9.87. The summed E-state index contributed by atoms with van der Waals surface area (Å²) in [4.78, 5) is 16.0. The van der Waals surface area contributed by atoms with Crippen LogP contribution in [0.3, 0.4) is 0 Å². The molecule has 0 bridgehead atoms. The minimum Gasteiger partial charge on any atom is -0.512 e. The van der Waals surface area contributed by atoms with Crippen LogP contribution >= 0.6 is 15.9 Å². The molecule has 1 aromatic carbocycles. The fourth-order valence-electron chi connectivity index (χ4n) is 2.09. The van der Waals surface area contributed by atoms with Crippen molar-refractivity contribution in [2.75, 3.05) is 0 Å². The summed E-state index contributed by atoms with van der Waals surface area (Å²) in [6, 6.07) is 3.93. The molecule has 0 spiro atoms. The van der Waals surface area contributed by atoms with Gasteiger partial charge >= 0.3 is 0 Å². The van der Waals surface area contributed by atoms with E-state index in [0.29, 0.717) is 11.1 Å². The number of hydrogen-bond acceptors (Lipinski definition) is 4. The molecule has 0 aliphatic carbocycles. The number of allylic oxidation sites excluding steroid dienone is 2. The molecule has 21 heavy (non-hydrogen) atoms. The highest BCUT2D eigenvalue weighted by atomic mass is 79.9. The second-order valence-corrected chi connectivity index (χ2v) is 6.95. The van der Waals surface area contributed by atoms with E-state index in [1.165, 1.54) is 13.8 Å². The number of carbonyl (C=O) groups excluding carboxylic acids is 1. The number of hydrogen-bond donors (Lipinski definition) is 1. The van der Waals surface area contributed by atoms with E-state index >= 15 is 0 Å². The Morgan fingerprint density at radius 3 is 2.38 bits per heavy atom. The molecule has 0 radical (unpaired) electrons. The Morgan fingerprint density at radius 1 is 1.29 bits per heavy atom. The smallest absolute Gasteiger partial charge is 0.234 e. The second kappa shape index (κ2) is 5.30. The summed E-state index contributed by atoms with van der Waals surface area (Å²) in [5, 5.41) is 9.66. The van der Waals surface area contributed by atoms with Crippen LogP contribution in [0.5, 0.6) is 0 Å². The molecular formula is C16H18BrNO3. The number of halogens is 1. The molecule has 0 aliphatic heterocycles. The molecule has 2 aromatic rings. The summed E-state index contributed by atoms with van der Waals surface area (Å²) >= 11 is 3.48. The van der Waals surface area contributed by atoms with Gasteiger partial charge in [-0.1, -0.05) is 20.8 Å². The molecule has 0 atom stereocenters. The molecule has 0 aliphatic rings. The molecule has 0 saturated carbocycles. The highest BCUT2D eigenvalue weighted by Crippen LogP contribution is 2.33.